The molecule has 0 saturated carbocycles. The highest BCUT2D eigenvalue weighted by atomic mass is 32.1. The highest BCUT2D eigenvalue weighted by Gasteiger charge is 2.02. The van der Waals surface area contributed by atoms with Crippen molar-refractivity contribution in [3.63, 3.8) is 0 Å². The number of carbonyl (C=O) groups is 1. The number of aromatic nitrogens is 2. The van der Waals surface area contributed by atoms with Gasteiger partial charge < -0.3 is 5.73 Å². The number of Topliss-reactive ketones (excluding diaryl/α,β-unsaturated/α-hetero) is 1. The first-order valence-electron chi connectivity index (χ1n) is 2.76. The van der Waals surface area contributed by atoms with Crippen LogP contribution in [-0.4, -0.2) is 15.1 Å². The Morgan fingerprint density at radius 1 is 1.80 bits per heavy atom. The van der Waals surface area contributed by atoms with E-state index < -0.39 is 0 Å². The lowest BCUT2D eigenvalue weighted by Crippen LogP contribution is -1.98. The summed E-state index contributed by atoms with van der Waals surface area (Å²) in [6.45, 7) is 1.50. The molecule has 0 aliphatic heterocycles. The fourth-order valence-electron chi connectivity index (χ4n) is 0.562. The molecule has 0 aliphatic rings. The second-order valence-electron chi connectivity index (χ2n) is 1.93. The monoisotopic (exact) mass is 157 g/mol. The van der Waals surface area contributed by atoms with Crippen molar-refractivity contribution >= 4 is 22.4 Å². The van der Waals surface area contributed by atoms with Gasteiger partial charge in [0.1, 0.15) is 5.78 Å². The molecule has 0 amide bonds. The van der Waals surface area contributed by atoms with Crippen molar-refractivity contribution in [2.45, 2.75) is 13.3 Å². The van der Waals surface area contributed by atoms with Crippen LogP contribution in [-0.2, 0) is 11.2 Å². The summed E-state index contributed by atoms with van der Waals surface area (Å²) in [5.41, 5.74) is 5.29. The second-order valence-corrected chi connectivity index (χ2v) is 2.71. The van der Waals surface area contributed by atoms with Crippen molar-refractivity contribution in [1.29, 1.82) is 0 Å². The van der Waals surface area contributed by atoms with Gasteiger partial charge >= 0.3 is 0 Å². The molecule has 5 heteroatoms. The number of ketones is 1. The summed E-state index contributed by atoms with van der Waals surface area (Å²) >= 11 is 1.11. The molecule has 10 heavy (non-hydrogen) atoms. The van der Waals surface area contributed by atoms with E-state index in [1.807, 2.05) is 0 Å². The van der Waals surface area contributed by atoms with Gasteiger partial charge in [-0.25, -0.2) is 4.98 Å². The zero-order valence-corrected chi connectivity index (χ0v) is 6.31. The largest absolute Gasteiger partial charge is 0.374 e. The number of hydrogen-bond acceptors (Lipinski definition) is 5. The number of nitrogens with zero attached hydrogens (tertiary/aromatic N) is 2. The Bertz CT molecular complexity index is 245. The molecule has 0 atom stereocenters. The van der Waals surface area contributed by atoms with Crippen molar-refractivity contribution in [2.75, 3.05) is 5.73 Å². The molecule has 0 bridgehead atoms. The summed E-state index contributed by atoms with van der Waals surface area (Å²) in [5.74, 6) is 0.577. The van der Waals surface area contributed by atoms with Gasteiger partial charge in [0.15, 0.2) is 11.0 Å². The van der Waals surface area contributed by atoms with Crippen molar-refractivity contribution < 1.29 is 4.79 Å². The van der Waals surface area contributed by atoms with E-state index in [0.717, 1.165) is 11.5 Å². The lowest BCUT2D eigenvalue weighted by Gasteiger charge is -1.84. The van der Waals surface area contributed by atoms with E-state index in [1.165, 1.54) is 6.92 Å². The maximum absolute atomic E-state index is 10.5. The van der Waals surface area contributed by atoms with Gasteiger partial charge in [0.25, 0.3) is 0 Å². The summed E-state index contributed by atoms with van der Waals surface area (Å²) < 4.78 is 3.84. The molecular weight excluding hydrogens is 150 g/mol. The van der Waals surface area contributed by atoms with Gasteiger partial charge in [0, 0.05) is 11.5 Å². The predicted octanol–water partition coefficient (Wildman–Crippen LogP) is 0.252. The SMILES string of the molecule is CC(=O)Cc1nsc(N)n1. The smallest absolute Gasteiger partial charge is 0.199 e. The third kappa shape index (κ3) is 1.77. The van der Waals surface area contributed by atoms with Crippen molar-refractivity contribution in [3.05, 3.63) is 5.82 Å². The lowest BCUT2D eigenvalue weighted by molar-refractivity contribution is -0.116. The third-order valence-corrected chi connectivity index (χ3v) is 1.47. The minimum Gasteiger partial charge on any atom is -0.374 e. The fourth-order valence-corrected chi connectivity index (χ4v) is 1.01. The van der Waals surface area contributed by atoms with Crippen LogP contribution in [0.25, 0.3) is 0 Å². The summed E-state index contributed by atoms with van der Waals surface area (Å²) in [6.07, 6.45) is 0.285. The number of nitrogens with two attached hydrogens (primary N) is 1. The van der Waals surface area contributed by atoms with Crippen LogP contribution in [0.15, 0.2) is 0 Å². The van der Waals surface area contributed by atoms with E-state index in [1.54, 1.807) is 0 Å². The summed E-state index contributed by atoms with van der Waals surface area (Å²) in [7, 11) is 0. The van der Waals surface area contributed by atoms with Gasteiger partial charge in [-0.1, -0.05) is 0 Å². The Morgan fingerprint density at radius 3 is 2.90 bits per heavy atom. The topological polar surface area (TPSA) is 68.9 Å². The van der Waals surface area contributed by atoms with Gasteiger partial charge in [0.2, 0.25) is 0 Å². The van der Waals surface area contributed by atoms with Crippen LogP contribution in [0.4, 0.5) is 5.13 Å². The van der Waals surface area contributed by atoms with Gasteiger partial charge in [-0.15, -0.1) is 0 Å². The van der Waals surface area contributed by atoms with Crippen LogP contribution >= 0.6 is 11.5 Å². The summed E-state index contributed by atoms with van der Waals surface area (Å²) in [6, 6.07) is 0. The van der Waals surface area contributed by atoms with E-state index in [2.05, 4.69) is 9.36 Å². The van der Waals surface area contributed by atoms with Crippen LogP contribution < -0.4 is 5.73 Å². The Kier molecular flexibility index (Phi) is 1.96. The van der Waals surface area contributed by atoms with E-state index >= 15 is 0 Å². The van der Waals surface area contributed by atoms with Crippen LogP contribution in [0.2, 0.25) is 0 Å². The molecule has 0 aliphatic carbocycles. The number of nitrogen functional groups attached to an aromatic ring is 1. The molecule has 0 unspecified atom stereocenters. The highest BCUT2D eigenvalue weighted by molar-refractivity contribution is 7.09. The number of hydrogen-bond donors (Lipinski definition) is 1. The normalized spacial score (nSPS) is 9.70. The Morgan fingerprint density at radius 2 is 2.50 bits per heavy atom. The third-order valence-electron chi connectivity index (χ3n) is 0.891. The molecule has 0 aromatic carbocycles. The van der Waals surface area contributed by atoms with Crippen molar-refractivity contribution in [2.24, 2.45) is 0 Å². The first-order valence-corrected chi connectivity index (χ1v) is 3.53. The molecule has 0 fully saturated rings. The summed E-state index contributed by atoms with van der Waals surface area (Å²) in [5, 5.41) is 0.413. The minimum absolute atomic E-state index is 0.0535. The number of carbonyl (C=O) groups excluding carboxylic acids is 1. The molecule has 1 aromatic heterocycles. The highest BCUT2D eigenvalue weighted by Crippen LogP contribution is 2.05. The maximum atomic E-state index is 10.5. The zero-order chi connectivity index (χ0) is 7.56. The molecular formula is C5H7N3OS. The Hall–Kier alpha value is -0.970. The molecule has 2 N–H and O–H groups in total. The standard InChI is InChI=1S/C5H7N3OS/c1-3(9)2-4-7-5(6)10-8-4/h2H2,1H3,(H2,6,7,8). The van der Waals surface area contributed by atoms with Gasteiger partial charge in [-0.05, 0) is 6.92 Å². The van der Waals surface area contributed by atoms with E-state index in [4.69, 9.17) is 5.73 Å². The van der Waals surface area contributed by atoms with Crippen LogP contribution in [0.5, 0.6) is 0 Å². The van der Waals surface area contributed by atoms with Crippen molar-refractivity contribution in [3.8, 4) is 0 Å². The number of anilines is 1. The molecule has 0 saturated heterocycles. The number of rotatable bonds is 2. The Balaban J connectivity index is 2.67. The molecule has 0 radical (unpaired) electrons. The maximum Gasteiger partial charge on any atom is 0.199 e. The quantitative estimate of drug-likeness (QED) is 0.668. The molecule has 0 spiro atoms. The van der Waals surface area contributed by atoms with Gasteiger partial charge in [-0.2, -0.15) is 4.37 Å². The zero-order valence-electron chi connectivity index (χ0n) is 5.50. The first kappa shape index (κ1) is 7.14. The summed E-state index contributed by atoms with van der Waals surface area (Å²) in [4.78, 5) is 14.3. The van der Waals surface area contributed by atoms with Crippen molar-refractivity contribution in [1.82, 2.24) is 9.36 Å². The van der Waals surface area contributed by atoms with Crippen LogP contribution in [0.1, 0.15) is 12.7 Å². The minimum atomic E-state index is 0.0535. The van der Waals surface area contributed by atoms with Gasteiger partial charge in [-0.3, -0.25) is 4.79 Å². The average Bonchev–Trinajstić information content (AvgIpc) is 2.13. The Labute approximate surface area is 62.2 Å². The first-order chi connectivity index (χ1) is 4.68. The second kappa shape index (κ2) is 2.74. The van der Waals surface area contributed by atoms with Gasteiger partial charge in [0.05, 0.1) is 6.42 Å². The van der Waals surface area contributed by atoms with E-state index in [0.29, 0.717) is 11.0 Å². The fraction of sp³-hybridized carbons (Fsp3) is 0.400. The molecule has 1 aromatic rings. The van der Waals surface area contributed by atoms with Crippen LogP contribution in [0.3, 0.4) is 0 Å². The molecule has 4 nitrogen and oxygen atoms in total. The van der Waals surface area contributed by atoms with Crippen LogP contribution in [0, 0.1) is 0 Å². The average molecular weight is 157 g/mol. The lowest BCUT2D eigenvalue weighted by atomic mass is 10.3. The van der Waals surface area contributed by atoms with E-state index in [-0.39, 0.29) is 12.2 Å². The van der Waals surface area contributed by atoms with E-state index in [9.17, 15) is 4.79 Å². The molecule has 54 valence electrons. The molecule has 1 heterocycles. The predicted molar refractivity (Wildman–Crippen MR) is 38.7 cm³/mol. The molecule has 1 rings (SSSR count).